The Morgan fingerprint density at radius 3 is 2.33 bits per heavy atom. The predicted molar refractivity (Wildman–Crippen MR) is 123 cm³/mol. The number of pyridine rings is 1. The SMILES string of the molecule is Cc1ccccc1C(C/C(=N\O)c1ccncc1)c1ccc(N2CCCCC2)cc1. The highest BCUT2D eigenvalue weighted by Crippen LogP contribution is 2.33. The van der Waals surface area contributed by atoms with Crippen molar-refractivity contribution in [2.45, 2.75) is 38.5 Å². The zero-order valence-corrected chi connectivity index (χ0v) is 17.5. The Bertz CT molecular complexity index is 977. The third-order valence-electron chi connectivity index (χ3n) is 6.11. The average molecular weight is 400 g/mol. The van der Waals surface area contributed by atoms with E-state index in [4.69, 9.17) is 0 Å². The lowest BCUT2D eigenvalue weighted by Gasteiger charge is -2.29. The van der Waals surface area contributed by atoms with Crippen molar-refractivity contribution >= 4 is 11.4 Å². The van der Waals surface area contributed by atoms with Crippen LogP contribution in [-0.2, 0) is 0 Å². The molecule has 0 spiro atoms. The predicted octanol–water partition coefficient (Wildman–Crippen LogP) is 5.78. The Balaban J connectivity index is 1.66. The van der Waals surface area contributed by atoms with Crippen LogP contribution < -0.4 is 4.90 Å². The van der Waals surface area contributed by atoms with Crippen LogP contribution in [0.5, 0.6) is 0 Å². The summed E-state index contributed by atoms with van der Waals surface area (Å²) in [5, 5.41) is 13.4. The van der Waals surface area contributed by atoms with Crippen molar-refractivity contribution in [3.05, 3.63) is 95.3 Å². The zero-order valence-electron chi connectivity index (χ0n) is 17.5. The van der Waals surface area contributed by atoms with E-state index in [2.05, 4.69) is 70.5 Å². The van der Waals surface area contributed by atoms with Crippen molar-refractivity contribution in [3.8, 4) is 0 Å². The van der Waals surface area contributed by atoms with Gasteiger partial charge in [-0.1, -0.05) is 41.6 Å². The summed E-state index contributed by atoms with van der Waals surface area (Å²) in [6.45, 7) is 4.43. The number of anilines is 1. The smallest absolute Gasteiger partial charge is 0.0878 e. The summed E-state index contributed by atoms with van der Waals surface area (Å²) in [5.41, 5.74) is 6.61. The second kappa shape index (κ2) is 9.57. The quantitative estimate of drug-likeness (QED) is 0.325. The standard InChI is InChI=1S/C26H29N3O/c1-20-7-3-4-8-24(20)25(19-26(28-30)22-13-15-27-16-14-22)21-9-11-23(12-10-21)29-17-5-2-6-18-29/h3-4,7-16,25,30H,2,5-6,17-19H2,1H3/b28-26+. The highest BCUT2D eigenvalue weighted by Gasteiger charge is 2.21. The minimum atomic E-state index is 0.112. The number of rotatable bonds is 6. The Labute approximate surface area is 178 Å². The summed E-state index contributed by atoms with van der Waals surface area (Å²) in [6, 6.07) is 21.2. The number of hydrogen-bond donors (Lipinski definition) is 1. The van der Waals surface area contributed by atoms with Crippen LogP contribution in [-0.4, -0.2) is 29.0 Å². The lowest BCUT2D eigenvalue weighted by Crippen LogP contribution is -2.29. The van der Waals surface area contributed by atoms with Gasteiger partial charge in [-0.05, 0) is 67.1 Å². The molecular weight excluding hydrogens is 370 g/mol. The Hall–Kier alpha value is -3.14. The molecule has 1 aromatic heterocycles. The van der Waals surface area contributed by atoms with E-state index in [-0.39, 0.29) is 5.92 Å². The topological polar surface area (TPSA) is 48.7 Å². The molecule has 1 aliphatic heterocycles. The first kappa shape index (κ1) is 20.1. The molecule has 0 amide bonds. The fraction of sp³-hybridized carbons (Fsp3) is 0.308. The normalized spacial score (nSPS) is 15.8. The summed E-state index contributed by atoms with van der Waals surface area (Å²) in [6.07, 6.45) is 7.97. The van der Waals surface area contributed by atoms with E-state index in [1.165, 1.54) is 41.6 Å². The van der Waals surface area contributed by atoms with Crippen LogP contribution in [0.4, 0.5) is 5.69 Å². The highest BCUT2D eigenvalue weighted by atomic mass is 16.4. The van der Waals surface area contributed by atoms with Crippen LogP contribution >= 0.6 is 0 Å². The van der Waals surface area contributed by atoms with Gasteiger partial charge in [-0.2, -0.15) is 0 Å². The third-order valence-corrected chi connectivity index (χ3v) is 6.11. The van der Waals surface area contributed by atoms with Gasteiger partial charge in [0.2, 0.25) is 0 Å². The van der Waals surface area contributed by atoms with Crippen LogP contribution in [0.3, 0.4) is 0 Å². The molecule has 1 N–H and O–H groups in total. The molecule has 154 valence electrons. The number of aromatic nitrogens is 1. The van der Waals surface area contributed by atoms with Gasteiger partial charge in [0.1, 0.15) is 0 Å². The number of piperidine rings is 1. The minimum Gasteiger partial charge on any atom is -0.411 e. The van der Waals surface area contributed by atoms with Gasteiger partial charge in [0, 0.05) is 49.1 Å². The maximum Gasteiger partial charge on any atom is 0.0878 e. The van der Waals surface area contributed by atoms with Gasteiger partial charge in [-0.15, -0.1) is 0 Å². The van der Waals surface area contributed by atoms with Crippen LogP contribution in [0.2, 0.25) is 0 Å². The molecule has 2 heterocycles. The first-order valence-electron chi connectivity index (χ1n) is 10.8. The van der Waals surface area contributed by atoms with E-state index in [0.29, 0.717) is 12.1 Å². The van der Waals surface area contributed by atoms with Gasteiger partial charge in [-0.25, -0.2) is 0 Å². The van der Waals surface area contributed by atoms with Crippen LogP contribution in [0.25, 0.3) is 0 Å². The molecule has 4 nitrogen and oxygen atoms in total. The van der Waals surface area contributed by atoms with E-state index >= 15 is 0 Å². The zero-order chi connectivity index (χ0) is 20.8. The third kappa shape index (κ3) is 4.54. The molecule has 0 radical (unpaired) electrons. The largest absolute Gasteiger partial charge is 0.411 e. The van der Waals surface area contributed by atoms with Gasteiger partial charge >= 0.3 is 0 Å². The van der Waals surface area contributed by atoms with Crippen molar-refractivity contribution in [2.75, 3.05) is 18.0 Å². The number of benzene rings is 2. The van der Waals surface area contributed by atoms with Gasteiger partial charge in [-0.3, -0.25) is 4.98 Å². The first-order valence-corrected chi connectivity index (χ1v) is 10.8. The number of nitrogens with zero attached hydrogens (tertiary/aromatic N) is 3. The van der Waals surface area contributed by atoms with E-state index in [9.17, 15) is 5.21 Å². The molecule has 1 fully saturated rings. The Morgan fingerprint density at radius 2 is 1.67 bits per heavy atom. The molecule has 1 atom stereocenters. The molecule has 2 aromatic carbocycles. The summed E-state index contributed by atoms with van der Waals surface area (Å²) in [4.78, 5) is 6.56. The monoisotopic (exact) mass is 399 g/mol. The molecule has 0 bridgehead atoms. The Kier molecular flexibility index (Phi) is 6.43. The lowest BCUT2D eigenvalue weighted by atomic mass is 9.83. The lowest BCUT2D eigenvalue weighted by molar-refractivity contribution is 0.317. The molecule has 1 unspecified atom stereocenters. The van der Waals surface area contributed by atoms with Crippen LogP contribution in [0.1, 0.15) is 53.9 Å². The molecule has 0 saturated carbocycles. The van der Waals surface area contributed by atoms with Crippen molar-refractivity contribution in [1.82, 2.24) is 4.98 Å². The molecular formula is C26H29N3O. The van der Waals surface area contributed by atoms with E-state index in [1.54, 1.807) is 12.4 Å². The van der Waals surface area contributed by atoms with Gasteiger partial charge < -0.3 is 10.1 Å². The van der Waals surface area contributed by atoms with Crippen molar-refractivity contribution in [1.29, 1.82) is 0 Å². The average Bonchev–Trinajstić information content (AvgIpc) is 2.82. The van der Waals surface area contributed by atoms with E-state index < -0.39 is 0 Å². The molecule has 1 saturated heterocycles. The summed E-state index contributed by atoms with van der Waals surface area (Å²) < 4.78 is 0. The second-order valence-corrected chi connectivity index (χ2v) is 8.04. The number of hydrogen-bond acceptors (Lipinski definition) is 4. The van der Waals surface area contributed by atoms with Crippen molar-refractivity contribution in [2.24, 2.45) is 5.16 Å². The van der Waals surface area contributed by atoms with E-state index in [0.717, 1.165) is 18.7 Å². The summed E-state index contributed by atoms with van der Waals surface area (Å²) in [5.74, 6) is 0.112. The second-order valence-electron chi connectivity index (χ2n) is 8.04. The number of aryl methyl sites for hydroxylation is 1. The van der Waals surface area contributed by atoms with Crippen LogP contribution in [0, 0.1) is 6.92 Å². The van der Waals surface area contributed by atoms with Crippen LogP contribution in [0.15, 0.2) is 78.2 Å². The maximum atomic E-state index is 9.77. The summed E-state index contributed by atoms with van der Waals surface area (Å²) >= 11 is 0. The van der Waals surface area contributed by atoms with Gasteiger partial charge in [0.25, 0.3) is 0 Å². The summed E-state index contributed by atoms with van der Waals surface area (Å²) in [7, 11) is 0. The number of oxime groups is 1. The molecule has 0 aliphatic carbocycles. The highest BCUT2D eigenvalue weighted by molar-refractivity contribution is 6.00. The van der Waals surface area contributed by atoms with Gasteiger partial charge in [0.15, 0.2) is 0 Å². The minimum absolute atomic E-state index is 0.112. The first-order chi connectivity index (χ1) is 14.8. The molecule has 3 aromatic rings. The van der Waals surface area contributed by atoms with E-state index in [1.807, 2.05) is 12.1 Å². The maximum absolute atomic E-state index is 9.77. The van der Waals surface area contributed by atoms with Crippen molar-refractivity contribution in [3.63, 3.8) is 0 Å². The Morgan fingerprint density at radius 1 is 0.967 bits per heavy atom. The molecule has 4 heteroatoms. The molecule has 1 aliphatic rings. The van der Waals surface area contributed by atoms with Gasteiger partial charge in [0.05, 0.1) is 5.71 Å². The van der Waals surface area contributed by atoms with Crippen molar-refractivity contribution < 1.29 is 5.21 Å². The fourth-order valence-corrected chi connectivity index (χ4v) is 4.41. The molecule has 30 heavy (non-hydrogen) atoms. The fourth-order valence-electron chi connectivity index (χ4n) is 4.41. The molecule has 4 rings (SSSR count).